The molecule has 0 saturated carbocycles. The van der Waals surface area contributed by atoms with Crippen molar-refractivity contribution in [2.75, 3.05) is 60.6 Å². The monoisotopic (exact) mass is 650 g/mol. The van der Waals surface area contributed by atoms with Crippen molar-refractivity contribution in [1.82, 2.24) is 5.32 Å². The molecule has 266 valence electrons. The number of phosphoric acid groups is 1. The van der Waals surface area contributed by atoms with Gasteiger partial charge in [0.05, 0.1) is 27.7 Å². The van der Waals surface area contributed by atoms with Crippen molar-refractivity contribution in [2.24, 2.45) is 0 Å². The van der Waals surface area contributed by atoms with Gasteiger partial charge in [-0.25, -0.2) is 4.57 Å². The van der Waals surface area contributed by atoms with Crippen molar-refractivity contribution < 1.29 is 27.7 Å². The van der Waals surface area contributed by atoms with Gasteiger partial charge in [0.1, 0.15) is 19.3 Å². The van der Waals surface area contributed by atoms with E-state index in [0.717, 1.165) is 19.4 Å². The fourth-order valence-electron chi connectivity index (χ4n) is 5.39. The van der Waals surface area contributed by atoms with Gasteiger partial charge in [-0.15, -0.1) is 0 Å². The molecule has 0 aromatic rings. The maximum absolute atomic E-state index is 12.6. The summed E-state index contributed by atoms with van der Waals surface area (Å²) in [6.45, 7) is 7.68. The van der Waals surface area contributed by atoms with Crippen LogP contribution in [0.4, 0.5) is 0 Å². The summed E-state index contributed by atoms with van der Waals surface area (Å²) in [7, 11) is 1.94. The largest absolute Gasteiger partial charge is 0.472 e. The van der Waals surface area contributed by atoms with Gasteiger partial charge in [0.15, 0.2) is 0 Å². The molecule has 2 atom stereocenters. The maximum Gasteiger partial charge on any atom is 0.472 e. The van der Waals surface area contributed by atoms with E-state index in [0.29, 0.717) is 30.8 Å². The second-order valence-electron chi connectivity index (χ2n) is 14.1. The Kier molecular flexibility index (Phi) is 31.6. The van der Waals surface area contributed by atoms with Crippen molar-refractivity contribution in [2.45, 2.75) is 174 Å². The zero-order valence-electron chi connectivity index (χ0n) is 30.3. The second-order valence-corrected chi connectivity index (χ2v) is 15.5. The van der Waals surface area contributed by atoms with Crippen molar-refractivity contribution in [1.29, 1.82) is 0 Å². The van der Waals surface area contributed by atoms with Crippen LogP contribution in [0.3, 0.4) is 0 Å². The summed E-state index contributed by atoms with van der Waals surface area (Å²) in [5, 5.41) is 3.43. The van der Waals surface area contributed by atoms with Gasteiger partial charge in [0.2, 0.25) is 0 Å². The number of ether oxygens (including phenoxy) is 1. The van der Waals surface area contributed by atoms with Gasteiger partial charge in [0, 0.05) is 13.2 Å². The van der Waals surface area contributed by atoms with E-state index in [4.69, 9.17) is 13.8 Å². The lowest BCUT2D eigenvalue weighted by Gasteiger charge is -2.25. The number of hydrogen-bond acceptors (Lipinski definition) is 5. The van der Waals surface area contributed by atoms with E-state index in [2.05, 4.69) is 19.2 Å². The fourth-order valence-corrected chi connectivity index (χ4v) is 6.27. The third-order valence-corrected chi connectivity index (χ3v) is 9.40. The van der Waals surface area contributed by atoms with E-state index in [9.17, 15) is 9.46 Å². The molecule has 0 spiro atoms. The number of likely N-dealkylation sites (N-methyl/N-ethyl adjacent to an activating group) is 1. The lowest BCUT2D eigenvalue weighted by Crippen LogP contribution is -2.37. The smallest absolute Gasteiger partial charge is 0.379 e. The zero-order chi connectivity index (χ0) is 32.6. The quantitative estimate of drug-likeness (QED) is 0.0400. The summed E-state index contributed by atoms with van der Waals surface area (Å²) in [5.41, 5.74) is 0. The molecule has 0 fully saturated rings. The molecule has 0 aromatic heterocycles. The highest BCUT2D eigenvalue weighted by molar-refractivity contribution is 7.47. The lowest BCUT2D eigenvalue weighted by molar-refractivity contribution is -0.870. The Hall–Kier alpha value is -0.0100. The minimum atomic E-state index is -4.14. The fraction of sp³-hybridized carbons (Fsp3) is 1.00. The van der Waals surface area contributed by atoms with E-state index in [-0.39, 0.29) is 6.61 Å². The van der Waals surface area contributed by atoms with Gasteiger partial charge in [-0.1, -0.05) is 155 Å². The Bertz CT molecular complexity index is 632. The predicted molar refractivity (Wildman–Crippen MR) is 189 cm³/mol. The number of nitrogens with zero attached hydrogens (tertiary/aromatic N) is 1. The summed E-state index contributed by atoms with van der Waals surface area (Å²) in [6.07, 6.45) is 31.2. The molecule has 0 aromatic carbocycles. The highest BCUT2D eigenvalue weighted by atomic mass is 31.2. The van der Waals surface area contributed by atoms with Crippen molar-refractivity contribution in [3.63, 3.8) is 0 Å². The first-order chi connectivity index (χ1) is 21.2. The standard InChI is InChI=1S/C36H77N2O5P/c1-6-8-10-12-14-16-18-19-20-21-22-24-26-28-30-37-34-36(43-44(39,40)42-33-31-38(3,4)5)35-41-32-29-27-25-23-17-15-13-11-9-7-2/h36-37H,6-35H2,1-5H3/p+1. The predicted octanol–water partition coefficient (Wildman–Crippen LogP) is 10.2. The molecule has 7 nitrogen and oxygen atoms in total. The van der Waals surface area contributed by atoms with Gasteiger partial charge in [-0.3, -0.25) is 9.05 Å². The number of quaternary nitrogens is 1. The van der Waals surface area contributed by atoms with Crippen LogP contribution in [0.1, 0.15) is 168 Å². The first-order valence-corrected chi connectivity index (χ1v) is 20.4. The van der Waals surface area contributed by atoms with Crippen LogP contribution in [0.25, 0.3) is 0 Å². The van der Waals surface area contributed by atoms with Crippen LogP contribution in [0, 0.1) is 0 Å². The molecular weight excluding hydrogens is 571 g/mol. The average molecular weight is 650 g/mol. The Morgan fingerprint density at radius 1 is 0.614 bits per heavy atom. The van der Waals surface area contributed by atoms with Crippen molar-refractivity contribution >= 4 is 7.82 Å². The van der Waals surface area contributed by atoms with E-state index in [1.807, 2.05) is 21.1 Å². The number of hydrogen-bond donors (Lipinski definition) is 2. The number of rotatable bonds is 36. The third-order valence-electron chi connectivity index (χ3n) is 8.32. The molecule has 0 heterocycles. The molecule has 8 heteroatoms. The topological polar surface area (TPSA) is 77.0 Å². The summed E-state index contributed by atoms with van der Waals surface area (Å²) in [4.78, 5) is 10.3. The zero-order valence-corrected chi connectivity index (χ0v) is 31.2. The first-order valence-electron chi connectivity index (χ1n) is 18.9. The molecule has 0 aliphatic carbocycles. The van der Waals surface area contributed by atoms with Gasteiger partial charge < -0.3 is 19.4 Å². The number of phosphoric ester groups is 1. The Morgan fingerprint density at radius 3 is 1.45 bits per heavy atom. The molecule has 0 rings (SSSR count). The molecule has 0 amide bonds. The molecule has 0 aliphatic heterocycles. The lowest BCUT2D eigenvalue weighted by atomic mass is 10.0. The first kappa shape index (κ1) is 44.0. The summed E-state index contributed by atoms with van der Waals surface area (Å²) < 4.78 is 30.0. The maximum atomic E-state index is 12.6. The van der Waals surface area contributed by atoms with Gasteiger partial charge in [-0.05, 0) is 19.4 Å². The Balaban J connectivity index is 4.09. The minimum absolute atomic E-state index is 0.177. The van der Waals surface area contributed by atoms with Crippen LogP contribution in [-0.4, -0.2) is 76.1 Å². The van der Waals surface area contributed by atoms with E-state index in [1.54, 1.807) is 0 Å². The minimum Gasteiger partial charge on any atom is -0.379 e. The SMILES string of the molecule is CCCCCCCCCCCCCCCCNCC(COCCCCCCCCCCCC)OP(=O)(O)OCC[N+](C)(C)C. The molecule has 0 radical (unpaired) electrons. The number of unbranched alkanes of at least 4 members (excludes halogenated alkanes) is 22. The van der Waals surface area contributed by atoms with Crippen LogP contribution in [0.2, 0.25) is 0 Å². The summed E-state index contributed by atoms with van der Waals surface area (Å²) in [6, 6.07) is 0. The molecule has 0 aliphatic rings. The molecule has 2 unspecified atom stereocenters. The van der Waals surface area contributed by atoms with Crippen molar-refractivity contribution in [3.05, 3.63) is 0 Å². The van der Waals surface area contributed by atoms with Crippen molar-refractivity contribution in [3.8, 4) is 0 Å². The van der Waals surface area contributed by atoms with Crippen LogP contribution in [0.5, 0.6) is 0 Å². The van der Waals surface area contributed by atoms with Gasteiger partial charge >= 0.3 is 7.82 Å². The average Bonchev–Trinajstić information content (AvgIpc) is 2.96. The molecule has 2 N–H and O–H groups in total. The normalized spacial score (nSPS) is 14.2. The van der Waals surface area contributed by atoms with Crippen LogP contribution >= 0.6 is 7.82 Å². The van der Waals surface area contributed by atoms with Gasteiger partial charge in [-0.2, -0.15) is 0 Å². The van der Waals surface area contributed by atoms with E-state index in [1.165, 1.54) is 141 Å². The Morgan fingerprint density at radius 2 is 1.02 bits per heavy atom. The highest BCUT2D eigenvalue weighted by Crippen LogP contribution is 2.44. The van der Waals surface area contributed by atoms with Gasteiger partial charge in [0.25, 0.3) is 0 Å². The summed E-state index contributed by atoms with van der Waals surface area (Å²) >= 11 is 0. The Labute approximate surface area is 275 Å². The van der Waals surface area contributed by atoms with Crippen LogP contribution in [0.15, 0.2) is 0 Å². The molecule has 44 heavy (non-hydrogen) atoms. The molecular formula is C36H78N2O5P+. The van der Waals surface area contributed by atoms with Crippen LogP contribution in [-0.2, 0) is 18.3 Å². The molecule has 0 saturated heterocycles. The molecule has 0 bridgehead atoms. The summed E-state index contributed by atoms with van der Waals surface area (Å²) in [5.74, 6) is 0. The number of nitrogens with one attached hydrogen (secondary N) is 1. The highest BCUT2D eigenvalue weighted by Gasteiger charge is 2.27. The van der Waals surface area contributed by atoms with E-state index < -0.39 is 13.9 Å². The van der Waals surface area contributed by atoms with E-state index >= 15 is 0 Å². The third kappa shape index (κ3) is 34.9. The second kappa shape index (κ2) is 31.6. The van der Waals surface area contributed by atoms with Crippen LogP contribution < -0.4 is 5.32 Å².